The van der Waals surface area contributed by atoms with Crippen LogP contribution in [0.2, 0.25) is 0 Å². The van der Waals surface area contributed by atoms with Crippen molar-refractivity contribution in [2.75, 3.05) is 0 Å². The molecule has 0 spiro atoms. The molecule has 2 N–H and O–H groups in total. The Morgan fingerprint density at radius 3 is 2.67 bits per heavy atom. The van der Waals surface area contributed by atoms with Gasteiger partial charge in [-0.3, -0.25) is 0 Å². The molecule has 1 heterocycles. The average Bonchev–Trinajstić information content (AvgIpc) is 2.94. The van der Waals surface area contributed by atoms with E-state index < -0.39 is 0 Å². The molecule has 3 rings (SSSR count). The number of rotatable bonds is 3. The van der Waals surface area contributed by atoms with Crippen molar-refractivity contribution in [1.29, 1.82) is 0 Å². The maximum absolute atomic E-state index is 6.37. The third kappa shape index (κ3) is 1.75. The lowest BCUT2D eigenvalue weighted by Gasteiger charge is -2.18. The summed E-state index contributed by atoms with van der Waals surface area (Å²) >= 11 is 0. The number of nitrogens with zero attached hydrogens (tertiary/aromatic N) is 2. The Kier molecular flexibility index (Phi) is 2.52. The first-order valence-electron chi connectivity index (χ1n) is 6.52. The summed E-state index contributed by atoms with van der Waals surface area (Å²) in [6.07, 6.45) is 6.00. The highest BCUT2D eigenvalue weighted by atomic mass is 15.1. The van der Waals surface area contributed by atoms with Gasteiger partial charge in [-0.15, -0.1) is 0 Å². The molecule has 1 aromatic heterocycles. The van der Waals surface area contributed by atoms with Crippen LogP contribution >= 0.6 is 0 Å². The molecule has 1 aliphatic rings. The summed E-state index contributed by atoms with van der Waals surface area (Å²) in [7, 11) is 0. The number of benzene rings is 1. The summed E-state index contributed by atoms with van der Waals surface area (Å²) in [5.74, 6) is 0. The van der Waals surface area contributed by atoms with E-state index in [1.54, 1.807) is 0 Å². The first kappa shape index (κ1) is 11.5. The van der Waals surface area contributed by atoms with E-state index in [1.165, 1.54) is 11.1 Å². The zero-order valence-electron chi connectivity index (χ0n) is 10.9. The van der Waals surface area contributed by atoms with Gasteiger partial charge in [0.2, 0.25) is 0 Å². The van der Waals surface area contributed by atoms with Crippen LogP contribution in [0.15, 0.2) is 36.8 Å². The van der Waals surface area contributed by atoms with Gasteiger partial charge in [0.25, 0.3) is 0 Å². The quantitative estimate of drug-likeness (QED) is 0.897. The molecule has 3 nitrogen and oxygen atoms in total. The third-order valence-electron chi connectivity index (χ3n) is 3.75. The third-order valence-corrected chi connectivity index (χ3v) is 3.75. The highest BCUT2D eigenvalue weighted by Gasteiger charge is 2.41. The van der Waals surface area contributed by atoms with E-state index in [0.29, 0.717) is 6.04 Å². The number of hydrogen-bond donors (Lipinski definition) is 1. The van der Waals surface area contributed by atoms with Gasteiger partial charge < -0.3 is 10.3 Å². The van der Waals surface area contributed by atoms with Crippen molar-refractivity contribution < 1.29 is 0 Å². The van der Waals surface area contributed by atoms with Crippen molar-refractivity contribution >= 4 is 0 Å². The summed E-state index contributed by atoms with van der Waals surface area (Å²) in [4.78, 5) is 4.29. The predicted molar refractivity (Wildman–Crippen MR) is 73.1 cm³/mol. The molecule has 0 unspecified atom stereocenters. The number of imidazole rings is 1. The molecule has 1 fully saturated rings. The standard InChI is InChI=1S/C15H19N3/c1-11(2)18-10-17-9-14(18)12-5-3-4-6-13(12)15(16)7-8-15/h3-6,9-11H,7-8,16H2,1-2H3. The number of nitrogens with two attached hydrogens (primary N) is 1. The van der Waals surface area contributed by atoms with E-state index in [1.807, 2.05) is 12.5 Å². The minimum atomic E-state index is -0.108. The van der Waals surface area contributed by atoms with Crippen molar-refractivity contribution in [2.24, 2.45) is 5.73 Å². The Morgan fingerprint density at radius 2 is 2.00 bits per heavy atom. The molecule has 0 amide bonds. The van der Waals surface area contributed by atoms with Crippen LogP contribution in [-0.4, -0.2) is 9.55 Å². The van der Waals surface area contributed by atoms with Crippen molar-refractivity contribution in [3.63, 3.8) is 0 Å². The van der Waals surface area contributed by atoms with Crippen LogP contribution in [0, 0.1) is 0 Å². The highest BCUT2D eigenvalue weighted by molar-refractivity contribution is 5.66. The summed E-state index contributed by atoms with van der Waals surface area (Å²) < 4.78 is 2.20. The largest absolute Gasteiger partial charge is 0.328 e. The molecule has 1 saturated carbocycles. The van der Waals surface area contributed by atoms with Gasteiger partial charge in [0.1, 0.15) is 0 Å². The predicted octanol–water partition coefficient (Wildman–Crippen LogP) is 3.08. The second kappa shape index (κ2) is 3.95. The SMILES string of the molecule is CC(C)n1cncc1-c1ccccc1C1(N)CC1. The molecule has 0 radical (unpaired) electrons. The van der Waals surface area contributed by atoms with Gasteiger partial charge in [-0.2, -0.15) is 0 Å². The minimum absolute atomic E-state index is 0.108. The van der Waals surface area contributed by atoms with E-state index >= 15 is 0 Å². The molecule has 1 aliphatic carbocycles. The lowest BCUT2D eigenvalue weighted by molar-refractivity contribution is 0.604. The molecule has 0 atom stereocenters. The average molecular weight is 241 g/mol. The summed E-state index contributed by atoms with van der Waals surface area (Å²) in [6, 6.07) is 8.85. The van der Waals surface area contributed by atoms with E-state index in [4.69, 9.17) is 5.73 Å². The van der Waals surface area contributed by atoms with Crippen LogP contribution < -0.4 is 5.73 Å². The fourth-order valence-corrected chi connectivity index (χ4v) is 2.47. The topological polar surface area (TPSA) is 43.8 Å². The van der Waals surface area contributed by atoms with Crippen LogP contribution in [0.3, 0.4) is 0 Å². The van der Waals surface area contributed by atoms with Gasteiger partial charge in [0.05, 0.1) is 18.2 Å². The molecule has 3 heteroatoms. The summed E-state index contributed by atoms with van der Waals surface area (Å²) in [5.41, 5.74) is 9.91. The van der Waals surface area contributed by atoms with Gasteiger partial charge in [-0.05, 0) is 32.3 Å². The number of hydrogen-bond acceptors (Lipinski definition) is 2. The molecular formula is C15H19N3. The van der Waals surface area contributed by atoms with Gasteiger partial charge in [-0.1, -0.05) is 24.3 Å². The van der Waals surface area contributed by atoms with E-state index in [2.05, 4.69) is 47.7 Å². The second-order valence-corrected chi connectivity index (χ2v) is 5.48. The zero-order valence-corrected chi connectivity index (χ0v) is 10.9. The van der Waals surface area contributed by atoms with Crippen LogP contribution in [0.25, 0.3) is 11.3 Å². The normalized spacial score (nSPS) is 17.1. The van der Waals surface area contributed by atoms with Gasteiger partial charge in [-0.25, -0.2) is 4.98 Å². The Labute approximate surface area is 108 Å². The highest BCUT2D eigenvalue weighted by Crippen LogP contribution is 2.46. The van der Waals surface area contributed by atoms with Crippen LogP contribution in [0.1, 0.15) is 38.3 Å². The zero-order chi connectivity index (χ0) is 12.8. The second-order valence-electron chi connectivity index (χ2n) is 5.48. The molecule has 0 aliphatic heterocycles. The maximum atomic E-state index is 6.37. The van der Waals surface area contributed by atoms with Crippen LogP contribution in [0.4, 0.5) is 0 Å². The monoisotopic (exact) mass is 241 g/mol. The lowest BCUT2D eigenvalue weighted by atomic mass is 9.97. The van der Waals surface area contributed by atoms with E-state index in [-0.39, 0.29) is 5.54 Å². The van der Waals surface area contributed by atoms with Crippen molar-refractivity contribution in [3.05, 3.63) is 42.4 Å². The fourth-order valence-electron chi connectivity index (χ4n) is 2.47. The van der Waals surface area contributed by atoms with Gasteiger partial charge in [0.15, 0.2) is 0 Å². The molecule has 1 aromatic carbocycles. The molecular weight excluding hydrogens is 222 g/mol. The lowest BCUT2D eigenvalue weighted by Crippen LogP contribution is -2.20. The first-order chi connectivity index (χ1) is 8.62. The smallest absolute Gasteiger partial charge is 0.0953 e. The molecule has 18 heavy (non-hydrogen) atoms. The molecule has 0 saturated heterocycles. The Balaban J connectivity index is 2.14. The van der Waals surface area contributed by atoms with Gasteiger partial charge >= 0.3 is 0 Å². The number of aromatic nitrogens is 2. The first-order valence-corrected chi connectivity index (χ1v) is 6.52. The van der Waals surface area contributed by atoms with Crippen molar-refractivity contribution in [2.45, 2.75) is 38.3 Å². The maximum Gasteiger partial charge on any atom is 0.0953 e. The summed E-state index contributed by atoms with van der Waals surface area (Å²) in [5, 5.41) is 0. The Morgan fingerprint density at radius 1 is 1.28 bits per heavy atom. The van der Waals surface area contributed by atoms with E-state index in [0.717, 1.165) is 18.5 Å². The van der Waals surface area contributed by atoms with Crippen molar-refractivity contribution in [3.8, 4) is 11.3 Å². The Hall–Kier alpha value is -1.61. The fraction of sp³-hybridized carbons (Fsp3) is 0.400. The van der Waals surface area contributed by atoms with Crippen LogP contribution in [0.5, 0.6) is 0 Å². The van der Waals surface area contributed by atoms with Crippen molar-refractivity contribution in [1.82, 2.24) is 9.55 Å². The Bertz CT molecular complexity index is 565. The molecule has 2 aromatic rings. The molecule has 0 bridgehead atoms. The van der Waals surface area contributed by atoms with E-state index in [9.17, 15) is 0 Å². The van der Waals surface area contributed by atoms with Gasteiger partial charge in [0, 0.05) is 17.1 Å². The summed E-state index contributed by atoms with van der Waals surface area (Å²) in [6.45, 7) is 4.34. The molecule has 94 valence electrons. The van der Waals surface area contributed by atoms with Crippen LogP contribution in [-0.2, 0) is 5.54 Å². The minimum Gasteiger partial charge on any atom is -0.328 e.